The van der Waals surface area contributed by atoms with Gasteiger partial charge in [-0.3, -0.25) is 9.59 Å². The fourth-order valence-electron chi connectivity index (χ4n) is 12.1. The highest BCUT2D eigenvalue weighted by Gasteiger charge is 2.16. The Morgan fingerprint density at radius 1 is 0.273 bits per heavy atom. The van der Waals surface area contributed by atoms with Crippen molar-refractivity contribution in [3.05, 3.63) is 72.9 Å². The smallest absolute Gasteiger partial charge is 0.306 e. The van der Waals surface area contributed by atoms with Crippen LogP contribution in [0.25, 0.3) is 0 Å². The predicted molar refractivity (Wildman–Crippen MR) is 390 cm³/mol. The van der Waals surface area contributed by atoms with Crippen LogP contribution in [0.5, 0.6) is 0 Å². The van der Waals surface area contributed by atoms with E-state index >= 15 is 0 Å². The van der Waals surface area contributed by atoms with E-state index in [4.69, 9.17) is 9.47 Å². The maximum absolute atomic E-state index is 12.4. The van der Waals surface area contributed by atoms with Crippen LogP contribution in [0.2, 0.25) is 0 Å². The van der Waals surface area contributed by atoms with Gasteiger partial charge in [-0.25, -0.2) is 0 Å². The summed E-state index contributed by atoms with van der Waals surface area (Å²) in [5.74, 6) is -0.565. The van der Waals surface area contributed by atoms with Crippen molar-refractivity contribution in [2.75, 3.05) is 13.2 Å². The lowest BCUT2D eigenvalue weighted by Crippen LogP contribution is -2.28. The van der Waals surface area contributed by atoms with Crippen LogP contribution in [0.3, 0.4) is 0 Å². The molecule has 1 atom stereocenters. The van der Waals surface area contributed by atoms with E-state index in [0.717, 1.165) is 64.2 Å². The molecule has 0 radical (unpaired) electrons. The average Bonchev–Trinajstić information content (AvgIpc) is 3.55. The van der Waals surface area contributed by atoms with Crippen LogP contribution in [0.15, 0.2) is 72.9 Å². The van der Waals surface area contributed by atoms with E-state index in [9.17, 15) is 14.7 Å². The molecule has 1 unspecified atom stereocenters. The first kappa shape index (κ1) is 85.3. The molecule has 1 N–H and O–H groups in total. The summed E-state index contributed by atoms with van der Waals surface area (Å²) >= 11 is 0. The molecule has 5 heteroatoms. The molecule has 0 heterocycles. The standard InChI is InChI=1S/C83H152O5/c1-3-5-7-9-11-13-15-17-19-21-23-25-27-29-31-33-35-37-39-41-43-45-47-49-51-53-55-57-59-61-63-65-67-69-71-73-75-77-82(85)87-80-81(79-84)88-83(86)78-76-74-72-70-68-66-64-62-60-58-56-54-52-50-48-46-44-42-40-38-36-34-32-30-28-26-24-22-20-18-16-14-12-10-8-6-4-2/h6,8,12,14-15,17-18,20-21,23-24,26,81,84H,3-5,7,9-11,13,16,19,22,25,27-80H2,1-2H3/b8-6-,14-12-,17-15-,20-18-,23-21-,26-24-. The number of rotatable bonds is 74. The first-order valence-electron chi connectivity index (χ1n) is 39.5. The molecule has 88 heavy (non-hydrogen) atoms. The number of carbonyl (C=O) groups excluding carboxylic acids is 2. The number of ether oxygens (including phenoxy) is 2. The summed E-state index contributed by atoms with van der Waals surface area (Å²) in [6.07, 6.45) is 110. The predicted octanol–water partition coefficient (Wildman–Crippen LogP) is 27.8. The Morgan fingerprint density at radius 3 is 0.739 bits per heavy atom. The van der Waals surface area contributed by atoms with Crippen molar-refractivity contribution >= 4 is 11.9 Å². The van der Waals surface area contributed by atoms with Crippen molar-refractivity contribution < 1.29 is 24.2 Å². The number of aliphatic hydroxyl groups is 1. The molecule has 0 aromatic heterocycles. The number of unbranched alkanes of at least 4 members (excludes halogenated alkanes) is 54. The SMILES string of the molecule is CC/C=C\C/C=C\C/C=C\C/C=C\CCCCCCCCCCCCCCCCCCCCCCCCCCC(=O)OC(CO)COC(=O)CCCCCCCCCCCCCCCCCCCCCCCCCCC/C=C\C/C=C\CCCCCCC. The van der Waals surface area contributed by atoms with Gasteiger partial charge in [-0.2, -0.15) is 0 Å². The Morgan fingerprint density at radius 2 is 0.489 bits per heavy atom. The van der Waals surface area contributed by atoms with Crippen molar-refractivity contribution in [3.8, 4) is 0 Å². The van der Waals surface area contributed by atoms with Gasteiger partial charge in [0.05, 0.1) is 6.61 Å². The van der Waals surface area contributed by atoms with E-state index in [0.29, 0.717) is 12.8 Å². The van der Waals surface area contributed by atoms with Gasteiger partial charge in [-0.1, -0.05) is 401 Å². The number of aliphatic hydroxyl groups excluding tert-OH is 1. The zero-order valence-electron chi connectivity index (χ0n) is 59.3. The lowest BCUT2D eigenvalue weighted by Gasteiger charge is -2.15. The number of hydrogen-bond acceptors (Lipinski definition) is 5. The average molecular weight is 1230 g/mol. The van der Waals surface area contributed by atoms with Crippen LogP contribution >= 0.6 is 0 Å². The largest absolute Gasteiger partial charge is 0.462 e. The monoisotopic (exact) mass is 1230 g/mol. The number of hydrogen-bond donors (Lipinski definition) is 1. The molecule has 0 spiro atoms. The molecule has 0 saturated heterocycles. The molecule has 0 amide bonds. The Kier molecular flexibility index (Phi) is 76.2. The van der Waals surface area contributed by atoms with Gasteiger partial charge in [-0.05, 0) is 83.5 Å². The Labute approximate surface area is 550 Å². The summed E-state index contributed by atoms with van der Waals surface area (Å²) in [7, 11) is 0. The zero-order chi connectivity index (χ0) is 63.3. The van der Waals surface area contributed by atoms with Crippen LogP contribution in [-0.4, -0.2) is 36.4 Å². The third-order valence-corrected chi connectivity index (χ3v) is 18.0. The Hall–Kier alpha value is -2.66. The Bertz CT molecular complexity index is 1540. The van der Waals surface area contributed by atoms with Crippen molar-refractivity contribution in [2.45, 2.75) is 431 Å². The summed E-state index contributed by atoms with van der Waals surface area (Å²) in [4.78, 5) is 24.7. The molecule has 0 bridgehead atoms. The van der Waals surface area contributed by atoms with Crippen molar-refractivity contribution in [3.63, 3.8) is 0 Å². The fraction of sp³-hybridized carbons (Fsp3) is 0.831. The minimum Gasteiger partial charge on any atom is -0.462 e. The Balaban J connectivity index is 3.37. The van der Waals surface area contributed by atoms with Gasteiger partial charge >= 0.3 is 11.9 Å². The van der Waals surface area contributed by atoms with Gasteiger partial charge in [0.1, 0.15) is 6.61 Å². The van der Waals surface area contributed by atoms with E-state index in [1.54, 1.807) is 0 Å². The van der Waals surface area contributed by atoms with Gasteiger partial charge in [0.15, 0.2) is 6.10 Å². The minimum absolute atomic E-state index is 0.0601. The molecule has 0 saturated carbocycles. The van der Waals surface area contributed by atoms with Crippen molar-refractivity contribution in [1.29, 1.82) is 0 Å². The molecule has 0 aliphatic carbocycles. The van der Waals surface area contributed by atoms with Crippen LogP contribution in [0.1, 0.15) is 425 Å². The summed E-state index contributed by atoms with van der Waals surface area (Å²) in [5, 5.41) is 9.73. The van der Waals surface area contributed by atoms with Crippen LogP contribution in [0, 0.1) is 0 Å². The van der Waals surface area contributed by atoms with Gasteiger partial charge in [0.25, 0.3) is 0 Å². The third-order valence-electron chi connectivity index (χ3n) is 18.0. The molecular weight excluding hydrogens is 1080 g/mol. The van der Waals surface area contributed by atoms with E-state index in [1.165, 1.54) is 334 Å². The quantitative estimate of drug-likeness (QED) is 0.0373. The molecule has 0 aliphatic rings. The van der Waals surface area contributed by atoms with Gasteiger partial charge in [-0.15, -0.1) is 0 Å². The lowest BCUT2D eigenvalue weighted by molar-refractivity contribution is -0.161. The highest BCUT2D eigenvalue weighted by Crippen LogP contribution is 2.20. The topological polar surface area (TPSA) is 72.8 Å². The van der Waals surface area contributed by atoms with Crippen molar-refractivity contribution in [1.82, 2.24) is 0 Å². The maximum Gasteiger partial charge on any atom is 0.306 e. The second-order valence-electron chi connectivity index (χ2n) is 26.8. The van der Waals surface area contributed by atoms with Gasteiger partial charge in [0, 0.05) is 12.8 Å². The first-order chi connectivity index (χ1) is 43.6. The van der Waals surface area contributed by atoms with E-state index in [-0.39, 0.29) is 25.2 Å². The summed E-state index contributed by atoms with van der Waals surface area (Å²) in [6.45, 7) is 4.08. The number of allylic oxidation sites excluding steroid dienone is 12. The molecule has 0 aliphatic heterocycles. The van der Waals surface area contributed by atoms with Crippen LogP contribution in [0.4, 0.5) is 0 Å². The minimum atomic E-state index is -0.772. The molecule has 514 valence electrons. The highest BCUT2D eigenvalue weighted by molar-refractivity contribution is 5.70. The highest BCUT2D eigenvalue weighted by atomic mass is 16.6. The number of carbonyl (C=O) groups is 2. The molecular formula is C83H152O5. The van der Waals surface area contributed by atoms with Crippen molar-refractivity contribution in [2.24, 2.45) is 0 Å². The van der Waals surface area contributed by atoms with E-state index in [2.05, 4.69) is 86.8 Å². The second kappa shape index (κ2) is 78.6. The molecule has 0 rings (SSSR count). The van der Waals surface area contributed by atoms with E-state index in [1.807, 2.05) is 0 Å². The fourth-order valence-corrected chi connectivity index (χ4v) is 12.1. The summed E-state index contributed by atoms with van der Waals surface area (Å²) < 4.78 is 10.8. The van der Waals surface area contributed by atoms with Crippen LogP contribution < -0.4 is 0 Å². The molecule has 5 nitrogen and oxygen atoms in total. The van der Waals surface area contributed by atoms with Gasteiger partial charge in [0.2, 0.25) is 0 Å². The maximum atomic E-state index is 12.4. The first-order valence-corrected chi connectivity index (χ1v) is 39.5. The third kappa shape index (κ3) is 75.8. The normalized spacial score (nSPS) is 12.5. The van der Waals surface area contributed by atoms with E-state index < -0.39 is 6.10 Å². The molecule has 0 aromatic rings. The van der Waals surface area contributed by atoms with Crippen LogP contribution in [-0.2, 0) is 19.1 Å². The summed E-state index contributed by atoms with van der Waals surface area (Å²) in [6, 6.07) is 0. The molecule has 0 fully saturated rings. The lowest BCUT2D eigenvalue weighted by atomic mass is 10.0. The molecule has 0 aromatic carbocycles. The summed E-state index contributed by atoms with van der Waals surface area (Å²) in [5.41, 5.74) is 0. The second-order valence-corrected chi connectivity index (χ2v) is 26.8. The van der Waals surface area contributed by atoms with Gasteiger partial charge < -0.3 is 14.6 Å². The number of esters is 2. The zero-order valence-corrected chi connectivity index (χ0v) is 59.3.